The summed E-state index contributed by atoms with van der Waals surface area (Å²) in [4.78, 5) is 63.4. The average molecular weight is 572 g/mol. The number of benzene rings is 1. The van der Waals surface area contributed by atoms with E-state index in [0.717, 1.165) is 29.7 Å². The number of ether oxygens (including phenoxy) is 1. The lowest BCUT2D eigenvalue weighted by atomic mass is 9.97. The lowest BCUT2D eigenvalue weighted by molar-refractivity contribution is -0.139. The van der Waals surface area contributed by atoms with Gasteiger partial charge >= 0.3 is 0 Å². The van der Waals surface area contributed by atoms with E-state index < -0.39 is 6.04 Å². The van der Waals surface area contributed by atoms with Gasteiger partial charge in [0.15, 0.2) is 11.6 Å². The Bertz CT molecular complexity index is 1580. The quantitative estimate of drug-likeness (QED) is 0.473. The van der Waals surface area contributed by atoms with Crippen molar-refractivity contribution in [3.63, 3.8) is 0 Å². The highest BCUT2D eigenvalue weighted by Crippen LogP contribution is 2.60. The topological polar surface area (TPSA) is 123 Å². The smallest absolute Gasteiger partial charge is 0.243 e. The molecule has 1 saturated heterocycles. The van der Waals surface area contributed by atoms with Gasteiger partial charge in [-0.25, -0.2) is 0 Å². The van der Waals surface area contributed by atoms with Crippen LogP contribution in [-0.4, -0.2) is 68.1 Å². The van der Waals surface area contributed by atoms with E-state index >= 15 is 0 Å². The first-order valence-electron chi connectivity index (χ1n) is 14.8. The monoisotopic (exact) mass is 571 g/mol. The minimum atomic E-state index is -0.455. The Labute approximate surface area is 244 Å². The van der Waals surface area contributed by atoms with Crippen molar-refractivity contribution in [1.82, 2.24) is 24.8 Å². The molecule has 1 N–H and O–H groups in total. The minimum absolute atomic E-state index is 0.0185. The molecular weight excluding hydrogens is 534 g/mol. The van der Waals surface area contributed by atoms with Gasteiger partial charge < -0.3 is 19.5 Å². The SMILES string of the molecule is CCC(=O)[C@@H]1C[C@]23COCCCCC(=O)NCc4cc(-c5cnc(C)cn5)cc5c(C(C)=O)cn(c45)CC(=O)N1[C@@H]2C3. The summed E-state index contributed by atoms with van der Waals surface area (Å²) in [6.07, 6.45) is 8.75. The summed E-state index contributed by atoms with van der Waals surface area (Å²) in [7, 11) is 0. The predicted molar refractivity (Wildman–Crippen MR) is 156 cm³/mol. The van der Waals surface area contributed by atoms with Crippen LogP contribution >= 0.6 is 0 Å². The van der Waals surface area contributed by atoms with E-state index in [0.29, 0.717) is 61.1 Å². The van der Waals surface area contributed by atoms with E-state index in [-0.39, 0.29) is 47.9 Å². The molecule has 2 aliphatic heterocycles. The van der Waals surface area contributed by atoms with E-state index in [1.54, 1.807) is 23.5 Å². The minimum Gasteiger partial charge on any atom is -0.381 e. The number of carbonyl (C=O) groups is 4. The average Bonchev–Trinajstić information content (AvgIpc) is 3.38. The normalized spacial score (nSPS) is 24.7. The summed E-state index contributed by atoms with van der Waals surface area (Å²) in [5.74, 6) is -0.278. The second kappa shape index (κ2) is 11.1. The maximum atomic E-state index is 14.0. The molecule has 3 aromatic rings. The molecule has 3 atom stereocenters. The summed E-state index contributed by atoms with van der Waals surface area (Å²) >= 11 is 0. The van der Waals surface area contributed by atoms with Crippen LogP contribution in [0.1, 0.15) is 74.0 Å². The van der Waals surface area contributed by atoms with Gasteiger partial charge in [-0.1, -0.05) is 6.92 Å². The first kappa shape index (κ1) is 28.2. The molecule has 6 rings (SSSR count). The van der Waals surface area contributed by atoms with Crippen LogP contribution < -0.4 is 5.32 Å². The Kier molecular flexibility index (Phi) is 7.43. The number of nitrogens with zero attached hydrogens (tertiary/aromatic N) is 4. The van der Waals surface area contributed by atoms with Crippen molar-refractivity contribution in [2.45, 2.75) is 84.5 Å². The fourth-order valence-corrected chi connectivity index (χ4v) is 6.74. The van der Waals surface area contributed by atoms with Gasteiger partial charge in [0.25, 0.3) is 0 Å². The third kappa shape index (κ3) is 5.12. The second-order valence-corrected chi connectivity index (χ2v) is 12.0. The fourth-order valence-electron chi connectivity index (χ4n) is 6.74. The summed E-state index contributed by atoms with van der Waals surface area (Å²) in [5.41, 5.74) is 3.99. The molecule has 1 aromatic carbocycles. The molecule has 4 heterocycles. The Morgan fingerprint density at radius 3 is 2.71 bits per heavy atom. The highest BCUT2D eigenvalue weighted by Gasteiger charge is 2.66. The fraction of sp³-hybridized carbons (Fsp3) is 0.500. The summed E-state index contributed by atoms with van der Waals surface area (Å²) < 4.78 is 7.83. The second-order valence-electron chi connectivity index (χ2n) is 12.0. The van der Waals surface area contributed by atoms with Gasteiger partial charge in [-0.2, -0.15) is 0 Å². The number of ketones is 2. The molecule has 3 aliphatic rings. The van der Waals surface area contributed by atoms with Crippen LogP contribution in [0.5, 0.6) is 0 Å². The molecule has 10 heteroatoms. The van der Waals surface area contributed by atoms with Crippen LogP contribution in [0, 0.1) is 12.3 Å². The van der Waals surface area contributed by atoms with E-state index in [2.05, 4.69) is 15.3 Å². The van der Waals surface area contributed by atoms with Crippen molar-refractivity contribution in [2.75, 3.05) is 13.2 Å². The molecule has 0 radical (unpaired) electrons. The van der Waals surface area contributed by atoms with Crippen LogP contribution in [0.15, 0.2) is 30.7 Å². The predicted octanol–water partition coefficient (Wildman–Crippen LogP) is 3.76. The third-order valence-corrected chi connectivity index (χ3v) is 9.05. The van der Waals surface area contributed by atoms with Gasteiger partial charge in [0.2, 0.25) is 11.8 Å². The number of carbonyl (C=O) groups excluding carboxylic acids is 4. The zero-order chi connectivity index (χ0) is 29.6. The van der Waals surface area contributed by atoms with Crippen LogP contribution in [0.3, 0.4) is 0 Å². The summed E-state index contributed by atoms with van der Waals surface area (Å²) in [5, 5.41) is 3.72. The molecule has 10 nitrogen and oxygen atoms in total. The third-order valence-electron chi connectivity index (χ3n) is 9.05. The highest BCUT2D eigenvalue weighted by molar-refractivity contribution is 6.09. The number of amides is 2. The van der Waals surface area contributed by atoms with Crippen LogP contribution in [0.25, 0.3) is 22.2 Å². The van der Waals surface area contributed by atoms with Gasteiger partial charge in [0.05, 0.1) is 35.8 Å². The molecule has 2 amide bonds. The molecule has 2 aromatic heterocycles. The Hall–Kier alpha value is -3.92. The number of rotatable bonds is 4. The number of piperidine rings is 1. The van der Waals surface area contributed by atoms with Gasteiger partial charge in [0, 0.05) is 66.4 Å². The largest absolute Gasteiger partial charge is 0.381 e. The first-order valence-corrected chi connectivity index (χ1v) is 14.8. The van der Waals surface area contributed by atoms with Crippen LogP contribution in [-0.2, 0) is 32.2 Å². The number of Topliss-reactive ketones (excluding diaryl/α,β-unsaturated/α-hetero) is 2. The van der Waals surface area contributed by atoms with Crippen molar-refractivity contribution in [2.24, 2.45) is 5.41 Å². The Morgan fingerprint density at radius 2 is 1.98 bits per heavy atom. The van der Waals surface area contributed by atoms with Crippen molar-refractivity contribution < 1.29 is 23.9 Å². The number of hydrogen-bond acceptors (Lipinski definition) is 7. The van der Waals surface area contributed by atoms with E-state index in [9.17, 15) is 19.2 Å². The molecule has 42 heavy (non-hydrogen) atoms. The maximum Gasteiger partial charge on any atom is 0.243 e. The van der Waals surface area contributed by atoms with Gasteiger partial charge in [0.1, 0.15) is 6.54 Å². The van der Waals surface area contributed by atoms with E-state index in [1.807, 2.05) is 30.5 Å². The Balaban J connectivity index is 1.46. The molecule has 1 aliphatic carbocycles. The van der Waals surface area contributed by atoms with E-state index in [1.165, 1.54) is 6.92 Å². The molecule has 220 valence electrons. The van der Waals surface area contributed by atoms with Crippen LogP contribution in [0.4, 0.5) is 0 Å². The van der Waals surface area contributed by atoms with Crippen molar-refractivity contribution >= 4 is 34.3 Å². The van der Waals surface area contributed by atoms with Gasteiger partial charge in [-0.15, -0.1) is 0 Å². The van der Waals surface area contributed by atoms with Crippen molar-refractivity contribution in [1.29, 1.82) is 0 Å². The number of aromatic nitrogens is 3. The lowest BCUT2D eigenvalue weighted by Gasteiger charge is -2.27. The summed E-state index contributed by atoms with van der Waals surface area (Å²) in [6, 6.07) is 3.37. The maximum absolute atomic E-state index is 14.0. The standard InChI is InChI=1S/C32H37N5O5/c1-4-27(39)26-11-32-12-28(32)37(26)30(41)17-36-16-24(20(3)38)23-10-21(25-15-33-19(2)13-34-25)9-22(31(23)36)14-35-29(40)7-5-6-8-42-18-32/h9-10,13,15-16,26,28H,4-8,11-12,14,17-18H2,1-3H3,(H,35,40)/t26-,28+,32-/m0/s1. The number of hydrogen-bond donors (Lipinski definition) is 1. The molecular formula is C32H37N5O5. The number of nitrogens with one attached hydrogen (secondary N) is 1. The van der Waals surface area contributed by atoms with Gasteiger partial charge in [-0.3, -0.25) is 29.1 Å². The first-order chi connectivity index (χ1) is 20.2. The van der Waals surface area contributed by atoms with Crippen LogP contribution in [0.2, 0.25) is 0 Å². The molecule has 2 fully saturated rings. The zero-order valence-corrected chi connectivity index (χ0v) is 24.4. The Morgan fingerprint density at radius 1 is 1.14 bits per heavy atom. The van der Waals surface area contributed by atoms with Crippen molar-refractivity contribution in [3.05, 3.63) is 47.5 Å². The van der Waals surface area contributed by atoms with Crippen molar-refractivity contribution in [3.8, 4) is 11.3 Å². The number of aryl methyl sites for hydroxylation is 1. The van der Waals surface area contributed by atoms with E-state index in [4.69, 9.17) is 4.74 Å². The van der Waals surface area contributed by atoms with Gasteiger partial charge in [-0.05, 0) is 57.2 Å². The molecule has 1 saturated carbocycles. The molecule has 2 bridgehead atoms. The zero-order valence-electron chi connectivity index (χ0n) is 24.4. The summed E-state index contributed by atoms with van der Waals surface area (Å²) in [6.45, 7) is 6.47. The highest BCUT2D eigenvalue weighted by atomic mass is 16.5. The lowest BCUT2D eigenvalue weighted by Crippen LogP contribution is -2.44. The molecule has 0 unspecified atom stereocenters. The molecule has 0 spiro atoms.